The lowest BCUT2D eigenvalue weighted by Gasteiger charge is -2.05. The van der Waals surface area contributed by atoms with Crippen LogP contribution in [0.15, 0.2) is 53.0 Å². The second kappa shape index (κ2) is 9.31. The molecule has 1 aromatic carbocycles. The van der Waals surface area contributed by atoms with Crippen molar-refractivity contribution < 1.29 is 9.90 Å². The molecule has 5 aromatic rings. The van der Waals surface area contributed by atoms with Crippen molar-refractivity contribution in [2.45, 2.75) is 30.2 Å². The molecule has 0 aliphatic carbocycles. The molecule has 0 unspecified atom stereocenters. The lowest BCUT2D eigenvalue weighted by molar-refractivity contribution is 0.0688. The molecular formula is C24H19Cl2N5O2S2. The Morgan fingerprint density at radius 1 is 1.17 bits per heavy atom. The van der Waals surface area contributed by atoms with Gasteiger partial charge in [0.1, 0.15) is 0 Å². The maximum Gasteiger partial charge on any atom is 0.355 e. The molecule has 0 aliphatic rings. The van der Waals surface area contributed by atoms with E-state index in [2.05, 4.69) is 24.0 Å². The van der Waals surface area contributed by atoms with Crippen LogP contribution in [0.2, 0.25) is 10.0 Å². The topological polar surface area (TPSA) is 85.3 Å². The third-order valence-electron chi connectivity index (χ3n) is 5.26. The molecule has 0 aliphatic heterocycles. The van der Waals surface area contributed by atoms with Gasteiger partial charge in [-0.25, -0.2) is 14.3 Å². The number of hydrogen-bond donors (Lipinski definition) is 1. The van der Waals surface area contributed by atoms with Crippen LogP contribution in [0.5, 0.6) is 0 Å². The second-order valence-corrected chi connectivity index (χ2v) is 11.7. The SMILES string of the molecule is Cc1nn(-c2nc(-c3ccc(Cl)c(Cl)c3)c(SC(C)C)s2)c(C(=O)O)c1-c1cnn2ccccc12. The summed E-state index contributed by atoms with van der Waals surface area (Å²) in [6.45, 7) is 5.97. The van der Waals surface area contributed by atoms with Gasteiger partial charge in [-0.05, 0) is 31.2 Å². The minimum Gasteiger partial charge on any atom is -0.476 e. The number of fused-ring (bicyclic) bond motifs is 1. The summed E-state index contributed by atoms with van der Waals surface area (Å²) < 4.78 is 4.06. The van der Waals surface area contributed by atoms with Gasteiger partial charge in [0.25, 0.3) is 0 Å². The minimum atomic E-state index is -1.10. The highest BCUT2D eigenvalue weighted by Gasteiger charge is 2.28. The number of benzene rings is 1. The summed E-state index contributed by atoms with van der Waals surface area (Å²) in [5.74, 6) is -1.10. The second-order valence-electron chi connectivity index (χ2n) is 8.04. The molecule has 1 N–H and O–H groups in total. The number of thioether (sulfide) groups is 1. The molecular weight excluding hydrogens is 525 g/mol. The van der Waals surface area contributed by atoms with Crippen LogP contribution in [0, 0.1) is 6.92 Å². The Bertz CT molecular complexity index is 1590. The molecule has 11 heteroatoms. The fourth-order valence-corrected chi connectivity index (χ4v) is 6.59. The van der Waals surface area contributed by atoms with Crippen LogP contribution in [-0.4, -0.2) is 40.7 Å². The van der Waals surface area contributed by atoms with E-state index in [1.807, 2.05) is 30.5 Å². The van der Waals surface area contributed by atoms with Crippen LogP contribution in [0.1, 0.15) is 30.0 Å². The van der Waals surface area contributed by atoms with Crippen molar-refractivity contribution in [3.05, 3.63) is 70.2 Å². The largest absolute Gasteiger partial charge is 0.476 e. The number of carboxylic acid groups (broad SMARTS) is 1. The Hall–Kier alpha value is -2.85. The Kier molecular flexibility index (Phi) is 6.35. The van der Waals surface area contributed by atoms with Gasteiger partial charge in [-0.15, -0.1) is 11.8 Å². The van der Waals surface area contributed by atoms with Crippen molar-refractivity contribution in [2.75, 3.05) is 0 Å². The Labute approximate surface area is 219 Å². The number of hydrogen-bond acceptors (Lipinski definition) is 6. The zero-order valence-electron chi connectivity index (χ0n) is 18.9. The van der Waals surface area contributed by atoms with E-state index in [9.17, 15) is 9.90 Å². The maximum atomic E-state index is 12.5. The molecule has 0 amide bonds. The summed E-state index contributed by atoms with van der Waals surface area (Å²) in [7, 11) is 0. The molecule has 0 fully saturated rings. The van der Waals surface area contributed by atoms with Crippen molar-refractivity contribution in [2.24, 2.45) is 0 Å². The van der Waals surface area contributed by atoms with E-state index < -0.39 is 5.97 Å². The Morgan fingerprint density at radius 3 is 2.69 bits per heavy atom. The molecule has 7 nitrogen and oxygen atoms in total. The predicted octanol–water partition coefficient (Wildman–Crippen LogP) is 7.12. The van der Waals surface area contributed by atoms with E-state index in [0.29, 0.717) is 37.7 Å². The van der Waals surface area contributed by atoms with Gasteiger partial charge in [-0.1, -0.05) is 60.5 Å². The fourth-order valence-electron chi connectivity index (χ4n) is 3.82. The summed E-state index contributed by atoms with van der Waals surface area (Å²) in [5, 5.41) is 20.9. The number of carbonyl (C=O) groups is 1. The van der Waals surface area contributed by atoms with Crippen molar-refractivity contribution in [1.82, 2.24) is 24.4 Å². The third-order valence-corrected chi connectivity index (χ3v) is 8.24. The third kappa shape index (κ3) is 4.33. The summed E-state index contributed by atoms with van der Waals surface area (Å²) >= 11 is 15.4. The number of carboxylic acids is 1. The zero-order chi connectivity index (χ0) is 24.9. The standard InChI is InChI=1S/C24H19Cl2N5O2S2/c1-12(2)34-23-20(14-7-8-16(25)17(26)10-14)28-24(35-23)31-21(22(32)33)19(13(3)29-31)15-11-27-30-9-5-4-6-18(15)30/h4-12H,1-3H3,(H,32,33). The van der Waals surface area contributed by atoms with Crippen LogP contribution < -0.4 is 0 Å². The number of aryl methyl sites for hydroxylation is 1. The number of thiazole rings is 1. The van der Waals surface area contributed by atoms with Gasteiger partial charge in [0.2, 0.25) is 5.13 Å². The van der Waals surface area contributed by atoms with Crippen LogP contribution >= 0.6 is 46.3 Å². The first-order valence-electron chi connectivity index (χ1n) is 10.6. The minimum absolute atomic E-state index is 0.0387. The molecule has 0 radical (unpaired) electrons. The molecule has 0 saturated carbocycles. The van der Waals surface area contributed by atoms with Crippen LogP contribution in [0.3, 0.4) is 0 Å². The van der Waals surface area contributed by atoms with Gasteiger partial charge in [0.05, 0.1) is 37.4 Å². The van der Waals surface area contributed by atoms with E-state index in [1.54, 1.807) is 41.5 Å². The summed E-state index contributed by atoms with van der Waals surface area (Å²) in [5.41, 5.74) is 4.14. The quantitative estimate of drug-likeness (QED) is 0.229. The number of aromatic nitrogens is 5. The zero-order valence-corrected chi connectivity index (χ0v) is 22.0. The van der Waals surface area contributed by atoms with E-state index >= 15 is 0 Å². The van der Waals surface area contributed by atoms with Crippen LogP contribution in [0.4, 0.5) is 0 Å². The smallest absolute Gasteiger partial charge is 0.355 e. The monoisotopic (exact) mass is 543 g/mol. The lowest BCUT2D eigenvalue weighted by Crippen LogP contribution is -2.09. The predicted molar refractivity (Wildman–Crippen MR) is 142 cm³/mol. The number of halogens is 2. The van der Waals surface area contributed by atoms with E-state index in [-0.39, 0.29) is 10.9 Å². The molecule has 0 bridgehead atoms. The average molecular weight is 544 g/mol. The van der Waals surface area contributed by atoms with Crippen molar-refractivity contribution in [3.63, 3.8) is 0 Å². The highest BCUT2D eigenvalue weighted by Crippen LogP contribution is 2.42. The Morgan fingerprint density at radius 2 is 1.97 bits per heavy atom. The molecule has 0 spiro atoms. The summed E-state index contributed by atoms with van der Waals surface area (Å²) in [4.78, 5) is 17.4. The van der Waals surface area contributed by atoms with Crippen molar-refractivity contribution >= 4 is 57.8 Å². The molecule has 5 rings (SSSR count). The summed E-state index contributed by atoms with van der Waals surface area (Å²) in [6, 6.07) is 11.0. The van der Waals surface area contributed by atoms with Crippen molar-refractivity contribution in [1.29, 1.82) is 0 Å². The number of rotatable bonds is 6. The fraction of sp³-hybridized carbons (Fsp3) is 0.167. The van der Waals surface area contributed by atoms with E-state index in [0.717, 1.165) is 15.3 Å². The normalized spacial score (nSPS) is 11.6. The van der Waals surface area contributed by atoms with E-state index in [1.165, 1.54) is 16.0 Å². The number of nitrogens with zero attached hydrogens (tertiary/aromatic N) is 5. The Balaban J connectivity index is 1.72. The number of aromatic carboxylic acids is 1. The van der Waals surface area contributed by atoms with Gasteiger partial charge in [0, 0.05) is 28.1 Å². The molecule has 0 atom stereocenters. The van der Waals surface area contributed by atoms with Crippen LogP contribution in [-0.2, 0) is 0 Å². The van der Waals surface area contributed by atoms with Gasteiger partial charge >= 0.3 is 5.97 Å². The van der Waals surface area contributed by atoms with Crippen LogP contribution in [0.25, 0.3) is 33.0 Å². The van der Waals surface area contributed by atoms with Gasteiger partial charge in [0.15, 0.2) is 5.69 Å². The van der Waals surface area contributed by atoms with Gasteiger partial charge in [-0.2, -0.15) is 14.9 Å². The first kappa shape index (κ1) is 23.9. The summed E-state index contributed by atoms with van der Waals surface area (Å²) in [6.07, 6.45) is 3.48. The molecule has 35 heavy (non-hydrogen) atoms. The van der Waals surface area contributed by atoms with Crippen molar-refractivity contribution in [3.8, 4) is 27.5 Å². The average Bonchev–Trinajstić information content (AvgIpc) is 3.50. The van der Waals surface area contributed by atoms with E-state index in [4.69, 9.17) is 28.2 Å². The maximum absolute atomic E-state index is 12.5. The molecule has 178 valence electrons. The van der Waals surface area contributed by atoms with Gasteiger partial charge in [-0.3, -0.25) is 0 Å². The first-order chi connectivity index (χ1) is 16.7. The number of pyridine rings is 1. The molecule has 4 aromatic heterocycles. The highest BCUT2D eigenvalue weighted by molar-refractivity contribution is 8.01. The lowest BCUT2D eigenvalue weighted by atomic mass is 10.0. The highest BCUT2D eigenvalue weighted by atomic mass is 35.5. The molecule has 0 saturated heterocycles. The van der Waals surface area contributed by atoms with Gasteiger partial charge < -0.3 is 5.11 Å². The molecule has 4 heterocycles. The first-order valence-corrected chi connectivity index (χ1v) is 13.1.